The van der Waals surface area contributed by atoms with Crippen LogP contribution in [0.15, 0.2) is 35.2 Å². The second kappa shape index (κ2) is 7.78. The van der Waals surface area contributed by atoms with E-state index < -0.39 is 10.0 Å². The molecule has 1 N–H and O–H groups in total. The van der Waals surface area contributed by atoms with E-state index in [1.54, 1.807) is 18.2 Å². The molecule has 0 radical (unpaired) electrons. The Bertz CT molecular complexity index is 827. The van der Waals surface area contributed by atoms with Crippen molar-refractivity contribution in [1.82, 2.24) is 4.72 Å². The van der Waals surface area contributed by atoms with Gasteiger partial charge in [-0.15, -0.1) is 11.3 Å². The van der Waals surface area contributed by atoms with Crippen molar-refractivity contribution in [1.29, 1.82) is 0 Å². The number of carbonyl (C=O) groups is 1. The summed E-state index contributed by atoms with van der Waals surface area (Å²) in [6.07, 6.45) is 0.503. The van der Waals surface area contributed by atoms with Crippen molar-refractivity contribution in [3.63, 3.8) is 0 Å². The molecular weight excluding hydrogens is 350 g/mol. The zero-order valence-corrected chi connectivity index (χ0v) is 15.3. The predicted molar refractivity (Wildman–Crippen MR) is 92.8 cm³/mol. The van der Waals surface area contributed by atoms with Crippen LogP contribution in [0.5, 0.6) is 11.5 Å². The van der Waals surface area contributed by atoms with Gasteiger partial charge in [-0.3, -0.25) is 4.79 Å². The van der Waals surface area contributed by atoms with Crippen molar-refractivity contribution in [2.45, 2.75) is 18.2 Å². The Balaban J connectivity index is 2.09. The van der Waals surface area contributed by atoms with E-state index >= 15 is 0 Å². The number of nitrogens with one attached hydrogen (secondary N) is 1. The molecule has 0 aliphatic heterocycles. The lowest BCUT2D eigenvalue weighted by atomic mass is 10.3. The van der Waals surface area contributed by atoms with Gasteiger partial charge in [0.2, 0.25) is 10.0 Å². The monoisotopic (exact) mass is 369 g/mol. The van der Waals surface area contributed by atoms with E-state index in [1.807, 2.05) is 6.07 Å². The summed E-state index contributed by atoms with van der Waals surface area (Å²) in [5.41, 5.74) is 0. The first-order valence-electron chi connectivity index (χ1n) is 7.18. The maximum Gasteiger partial charge on any atom is 0.244 e. The summed E-state index contributed by atoms with van der Waals surface area (Å²) in [5, 5.41) is 0. The number of methoxy groups -OCH3 is 2. The van der Waals surface area contributed by atoms with Crippen LogP contribution in [0, 0.1) is 0 Å². The molecular formula is C16H19NO5S2. The van der Waals surface area contributed by atoms with Crippen LogP contribution in [0.2, 0.25) is 0 Å². The number of sulfonamides is 1. The molecule has 0 atom stereocenters. The van der Waals surface area contributed by atoms with E-state index in [0.29, 0.717) is 17.0 Å². The largest absolute Gasteiger partial charge is 0.497 e. The van der Waals surface area contributed by atoms with E-state index in [1.165, 1.54) is 38.5 Å². The molecule has 0 bridgehead atoms. The Hall–Kier alpha value is -1.90. The van der Waals surface area contributed by atoms with Gasteiger partial charge in [0.1, 0.15) is 16.4 Å². The summed E-state index contributed by atoms with van der Waals surface area (Å²) in [6.45, 7) is 1.73. The molecule has 0 aliphatic rings. The molecule has 24 heavy (non-hydrogen) atoms. The number of hydrogen-bond acceptors (Lipinski definition) is 6. The molecule has 2 aromatic rings. The summed E-state index contributed by atoms with van der Waals surface area (Å²) in [4.78, 5) is 12.9. The van der Waals surface area contributed by atoms with Crippen LogP contribution in [0.4, 0.5) is 0 Å². The zero-order valence-electron chi connectivity index (χ0n) is 13.7. The van der Waals surface area contributed by atoms with E-state index in [2.05, 4.69) is 4.72 Å². The lowest BCUT2D eigenvalue weighted by Gasteiger charge is -2.11. The molecule has 1 aromatic carbocycles. The molecule has 1 heterocycles. The summed E-state index contributed by atoms with van der Waals surface area (Å²) < 4.78 is 37.7. The molecule has 0 fully saturated rings. The first-order chi connectivity index (χ1) is 11.4. The number of thiophene rings is 1. The third-order valence-electron chi connectivity index (χ3n) is 3.33. The van der Waals surface area contributed by atoms with Gasteiger partial charge in [0.05, 0.1) is 19.1 Å². The highest BCUT2D eigenvalue weighted by atomic mass is 32.2. The van der Waals surface area contributed by atoms with Crippen LogP contribution in [0.25, 0.3) is 0 Å². The normalized spacial score (nSPS) is 11.3. The van der Waals surface area contributed by atoms with Gasteiger partial charge in [-0.05, 0) is 37.6 Å². The lowest BCUT2D eigenvalue weighted by molar-refractivity contribution is 0.102. The van der Waals surface area contributed by atoms with Crippen LogP contribution in [0.1, 0.15) is 21.5 Å². The van der Waals surface area contributed by atoms with Gasteiger partial charge >= 0.3 is 0 Å². The highest BCUT2D eigenvalue weighted by Crippen LogP contribution is 2.28. The number of ether oxygens (including phenoxy) is 2. The molecule has 1 aromatic heterocycles. The number of carbonyl (C=O) groups excluding carboxylic acids is 1. The zero-order chi connectivity index (χ0) is 17.7. The predicted octanol–water partition coefficient (Wildman–Crippen LogP) is 2.49. The van der Waals surface area contributed by atoms with Gasteiger partial charge in [-0.25, -0.2) is 13.1 Å². The molecule has 6 nitrogen and oxygen atoms in total. The third-order valence-corrected chi connectivity index (χ3v) is 6.06. The van der Waals surface area contributed by atoms with Crippen LogP contribution >= 0.6 is 11.3 Å². The van der Waals surface area contributed by atoms with E-state index in [0.717, 1.165) is 4.88 Å². The minimum absolute atomic E-state index is 0.00736. The molecule has 0 saturated heterocycles. The second-order valence-electron chi connectivity index (χ2n) is 4.99. The van der Waals surface area contributed by atoms with Crippen molar-refractivity contribution in [3.8, 4) is 11.5 Å². The number of ketones is 1. The highest BCUT2D eigenvalue weighted by Gasteiger charge is 2.20. The fraction of sp³-hybridized carbons (Fsp3) is 0.312. The van der Waals surface area contributed by atoms with Crippen molar-refractivity contribution in [2.24, 2.45) is 0 Å². The lowest BCUT2D eigenvalue weighted by Crippen LogP contribution is -2.26. The fourth-order valence-electron chi connectivity index (χ4n) is 2.08. The van der Waals surface area contributed by atoms with E-state index in [4.69, 9.17) is 9.47 Å². The Morgan fingerprint density at radius 3 is 2.50 bits per heavy atom. The minimum atomic E-state index is -3.73. The highest BCUT2D eigenvalue weighted by molar-refractivity contribution is 7.89. The smallest absolute Gasteiger partial charge is 0.244 e. The third kappa shape index (κ3) is 4.34. The SMILES string of the molecule is COc1ccc(OC)c(S(=O)(=O)NCCc2ccc(C(C)=O)s2)c1. The summed E-state index contributed by atoms with van der Waals surface area (Å²) >= 11 is 1.37. The van der Waals surface area contributed by atoms with Crippen LogP contribution in [-0.4, -0.2) is 35.0 Å². The maximum absolute atomic E-state index is 12.5. The van der Waals surface area contributed by atoms with Crippen molar-refractivity contribution < 1.29 is 22.7 Å². The number of benzene rings is 1. The molecule has 0 amide bonds. The summed E-state index contributed by atoms with van der Waals surface area (Å²) in [7, 11) is -0.853. The Morgan fingerprint density at radius 2 is 1.92 bits per heavy atom. The van der Waals surface area contributed by atoms with Gasteiger partial charge in [0.25, 0.3) is 0 Å². The molecule has 130 valence electrons. The molecule has 8 heteroatoms. The van der Waals surface area contributed by atoms with Crippen LogP contribution in [0.3, 0.4) is 0 Å². The van der Waals surface area contributed by atoms with Gasteiger partial charge in [-0.2, -0.15) is 0 Å². The second-order valence-corrected chi connectivity index (χ2v) is 7.89. The quantitative estimate of drug-likeness (QED) is 0.723. The molecule has 0 spiro atoms. The summed E-state index contributed by atoms with van der Waals surface area (Å²) in [5.74, 6) is 0.687. The topological polar surface area (TPSA) is 81.7 Å². The van der Waals surface area contributed by atoms with E-state index in [-0.39, 0.29) is 23.0 Å². The Morgan fingerprint density at radius 1 is 1.17 bits per heavy atom. The maximum atomic E-state index is 12.5. The van der Waals surface area contributed by atoms with Crippen molar-refractivity contribution >= 4 is 27.1 Å². The van der Waals surface area contributed by atoms with Crippen molar-refractivity contribution in [2.75, 3.05) is 20.8 Å². The van der Waals surface area contributed by atoms with Gasteiger partial charge in [-0.1, -0.05) is 0 Å². The molecule has 0 unspecified atom stereocenters. The number of Topliss-reactive ketones (excluding diaryl/α,β-unsaturated/α-hetero) is 1. The number of rotatable bonds is 8. The Labute approximate surface area is 145 Å². The van der Waals surface area contributed by atoms with Crippen LogP contribution in [-0.2, 0) is 16.4 Å². The summed E-state index contributed by atoms with van der Waals surface area (Å²) in [6, 6.07) is 8.18. The molecule has 2 rings (SSSR count). The van der Waals surface area contributed by atoms with Crippen molar-refractivity contribution in [3.05, 3.63) is 40.1 Å². The first kappa shape index (κ1) is 18.4. The average Bonchev–Trinajstić information content (AvgIpc) is 3.03. The van der Waals surface area contributed by atoms with Gasteiger partial charge in [0.15, 0.2) is 5.78 Å². The minimum Gasteiger partial charge on any atom is -0.497 e. The van der Waals surface area contributed by atoms with Crippen LogP contribution < -0.4 is 14.2 Å². The fourth-order valence-corrected chi connectivity index (χ4v) is 4.20. The van der Waals surface area contributed by atoms with Gasteiger partial charge in [0, 0.05) is 17.5 Å². The van der Waals surface area contributed by atoms with Gasteiger partial charge < -0.3 is 9.47 Å². The van der Waals surface area contributed by atoms with E-state index in [9.17, 15) is 13.2 Å². The number of hydrogen-bond donors (Lipinski definition) is 1. The standard InChI is InChI=1S/C16H19NO5S2/c1-11(18)15-7-5-13(23-15)8-9-17-24(19,20)16-10-12(21-2)4-6-14(16)22-3/h4-7,10,17H,8-9H2,1-3H3. The Kier molecular flexibility index (Phi) is 5.98. The molecule has 0 aliphatic carbocycles. The first-order valence-corrected chi connectivity index (χ1v) is 9.48. The average molecular weight is 369 g/mol. The molecule has 0 saturated carbocycles.